The van der Waals surface area contributed by atoms with Crippen LogP contribution in [0.1, 0.15) is 46.0 Å². The van der Waals surface area contributed by atoms with E-state index in [4.69, 9.17) is 5.73 Å². The predicted octanol–water partition coefficient (Wildman–Crippen LogP) is 1.12. The highest BCUT2D eigenvalue weighted by molar-refractivity contribution is 5.83. The number of aliphatic hydroxyl groups is 1. The normalized spacial score (nSPS) is 25.2. The molecular formula is C13H26N2O2. The van der Waals surface area contributed by atoms with Gasteiger partial charge < -0.3 is 15.7 Å². The van der Waals surface area contributed by atoms with Gasteiger partial charge in [0.1, 0.15) is 0 Å². The van der Waals surface area contributed by atoms with E-state index in [1.807, 2.05) is 18.7 Å². The fourth-order valence-electron chi connectivity index (χ4n) is 2.36. The lowest BCUT2D eigenvalue weighted by molar-refractivity contribution is -0.144. The van der Waals surface area contributed by atoms with Crippen LogP contribution in [-0.4, -0.2) is 41.7 Å². The Balaban J connectivity index is 2.83. The number of nitrogens with zero attached hydrogens (tertiary/aromatic N) is 1. The summed E-state index contributed by atoms with van der Waals surface area (Å²) in [6.45, 7) is 5.12. The van der Waals surface area contributed by atoms with Crippen LogP contribution in [0.25, 0.3) is 0 Å². The van der Waals surface area contributed by atoms with Crippen LogP contribution in [0.3, 0.4) is 0 Å². The molecule has 1 rings (SSSR count). The van der Waals surface area contributed by atoms with Gasteiger partial charge in [-0.05, 0) is 26.2 Å². The van der Waals surface area contributed by atoms with Gasteiger partial charge in [0.25, 0.3) is 0 Å². The van der Waals surface area contributed by atoms with Crippen LogP contribution in [0.5, 0.6) is 0 Å². The van der Waals surface area contributed by atoms with Gasteiger partial charge in [0.05, 0.1) is 18.1 Å². The second-order valence-corrected chi connectivity index (χ2v) is 5.30. The van der Waals surface area contributed by atoms with E-state index in [0.717, 1.165) is 38.6 Å². The first-order valence-electron chi connectivity index (χ1n) is 6.71. The molecule has 17 heavy (non-hydrogen) atoms. The first-order chi connectivity index (χ1) is 8.09. The van der Waals surface area contributed by atoms with E-state index in [0.29, 0.717) is 6.54 Å². The number of hydrogen-bond acceptors (Lipinski definition) is 3. The van der Waals surface area contributed by atoms with Crippen LogP contribution in [0.4, 0.5) is 0 Å². The van der Waals surface area contributed by atoms with Crippen LogP contribution in [-0.2, 0) is 4.79 Å². The number of rotatable bonds is 4. The summed E-state index contributed by atoms with van der Waals surface area (Å²) in [5.41, 5.74) is 5.27. The number of nitrogens with two attached hydrogens (primary N) is 1. The third kappa shape index (κ3) is 3.19. The smallest absolute Gasteiger partial charge is 0.230 e. The molecule has 0 aromatic rings. The lowest BCUT2D eigenvalue weighted by atomic mass is 9.85. The van der Waals surface area contributed by atoms with Gasteiger partial charge in [0.2, 0.25) is 5.91 Å². The summed E-state index contributed by atoms with van der Waals surface area (Å²) in [6.07, 6.45) is 4.93. The summed E-state index contributed by atoms with van der Waals surface area (Å²) in [5.74, 6) is 0.114. The Hall–Kier alpha value is -0.610. The van der Waals surface area contributed by atoms with Gasteiger partial charge in [-0.3, -0.25) is 4.79 Å². The van der Waals surface area contributed by atoms with E-state index in [-0.39, 0.29) is 18.6 Å². The molecule has 4 heteroatoms. The first-order valence-corrected chi connectivity index (χ1v) is 6.71. The fraction of sp³-hybridized carbons (Fsp3) is 0.923. The van der Waals surface area contributed by atoms with Crippen LogP contribution in [0.15, 0.2) is 0 Å². The van der Waals surface area contributed by atoms with E-state index in [1.165, 1.54) is 0 Å². The van der Waals surface area contributed by atoms with E-state index in [9.17, 15) is 9.90 Å². The van der Waals surface area contributed by atoms with Crippen molar-refractivity contribution in [1.82, 2.24) is 4.90 Å². The zero-order valence-corrected chi connectivity index (χ0v) is 11.1. The van der Waals surface area contributed by atoms with Crippen molar-refractivity contribution in [2.45, 2.75) is 52.0 Å². The molecule has 1 aliphatic rings. The SMILES string of the molecule is CCC(C)(CN)C(=O)N1CCCCCC1CO. The molecule has 0 radical (unpaired) electrons. The molecule has 0 aliphatic carbocycles. The predicted molar refractivity (Wildman–Crippen MR) is 68.5 cm³/mol. The number of aliphatic hydroxyl groups excluding tert-OH is 1. The molecule has 0 saturated carbocycles. The van der Waals surface area contributed by atoms with Crippen LogP contribution >= 0.6 is 0 Å². The number of amides is 1. The van der Waals surface area contributed by atoms with Crippen LogP contribution in [0, 0.1) is 5.41 Å². The molecule has 0 spiro atoms. The third-order valence-corrected chi connectivity index (χ3v) is 4.10. The Morgan fingerprint density at radius 3 is 2.71 bits per heavy atom. The summed E-state index contributed by atoms with van der Waals surface area (Å²) >= 11 is 0. The van der Waals surface area contributed by atoms with Gasteiger partial charge in [0.15, 0.2) is 0 Å². The lowest BCUT2D eigenvalue weighted by Crippen LogP contribution is -2.51. The van der Waals surface area contributed by atoms with Crippen molar-refractivity contribution >= 4 is 5.91 Å². The molecule has 0 aromatic carbocycles. The average molecular weight is 242 g/mol. The van der Waals surface area contributed by atoms with E-state index >= 15 is 0 Å². The Kier molecular flexibility index (Phi) is 5.40. The van der Waals surface area contributed by atoms with Crippen LogP contribution < -0.4 is 5.73 Å². The molecule has 2 unspecified atom stereocenters. The number of likely N-dealkylation sites (tertiary alicyclic amines) is 1. The minimum atomic E-state index is -0.474. The molecule has 2 atom stereocenters. The molecule has 1 amide bonds. The van der Waals surface area contributed by atoms with Gasteiger partial charge in [-0.2, -0.15) is 0 Å². The summed E-state index contributed by atoms with van der Waals surface area (Å²) < 4.78 is 0. The third-order valence-electron chi connectivity index (χ3n) is 4.10. The maximum atomic E-state index is 12.5. The topological polar surface area (TPSA) is 66.6 Å². The summed E-state index contributed by atoms with van der Waals surface area (Å²) in [5, 5.41) is 9.42. The van der Waals surface area contributed by atoms with Crippen molar-refractivity contribution in [2.75, 3.05) is 19.7 Å². The fourth-order valence-corrected chi connectivity index (χ4v) is 2.36. The molecule has 1 fully saturated rings. The van der Waals surface area contributed by atoms with Gasteiger partial charge in [-0.15, -0.1) is 0 Å². The van der Waals surface area contributed by atoms with E-state index in [1.54, 1.807) is 0 Å². The van der Waals surface area contributed by atoms with Crippen molar-refractivity contribution in [1.29, 1.82) is 0 Å². The minimum absolute atomic E-state index is 0.0116. The zero-order chi connectivity index (χ0) is 12.9. The van der Waals surface area contributed by atoms with E-state index in [2.05, 4.69) is 0 Å². The molecule has 1 saturated heterocycles. The van der Waals surface area contributed by atoms with E-state index < -0.39 is 5.41 Å². The quantitative estimate of drug-likeness (QED) is 0.776. The van der Waals surface area contributed by atoms with Crippen molar-refractivity contribution < 1.29 is 9.90 Å². The lowest BCUT2D eigenvalue weighted by Gasteiger charge is -2.36. The molecule has 3 N–H and O–H groups in total. The molecule has 1 heterocycles. The van der Waals surface area contributed by atoms with Gasteiger partial charge in [0, 0.05) is 13.1 Å². The van der Waals surface area contributed by atoms with Crippen LogP contribution in [0.2, 0.25) is 0 Å². The van der Waals surface area contributed by atoms with Crippen molar-refractivity contribution in [3.05, 3.63) is 0 Å². The summed E-state index contributed by atoms with van der Waals surface area (Å²) in [4.78, 5) is 14.4. The highest BCUT2D eigenvalue weighted by atomic mass is 16.3. The van der Waals surface area contributed by atoms with Gasteiger partial charge >= 0.3 is 0 Å². The second kappa shape index (κ2) is 6.36. The molecule has 0 aromatic heterocycles. The molecule has 100 valence electrons. The number of hydrogen-bond donors (Lipinski definition) is 2. The molecular weight excluding hydrogens is 216 g/mol. The molecule has 4 nitrogen and oxygen atoms in total. The zero-order valence-electron chi connectivity index (χ0n) is 11.1. The highest BCUT2D eigenvalue weighted by Crippen LogP contribution is 2.27. The van der Waals surface area contributed by atoms with Crippen molar-refractivity contribution in [3.63, 3.8) is 0 Å². The average Bonchev–Trinajstić information content (AvgIpc) is 2.61. The first kappa shape index (κ1) is 14.5. The maximum Gasteiger partial charge on any atom is 0.230 e. The van der Waals surface area contributed by atoms with Gasteiger partial charge in [-0.25, -0.2) is 0 Å². The Morgan fingerprint density at radius 1 is 1.47 bits per heavy atom. The van der Waals surface area contributed by atoms with Crippen molar-refractivity contribution in [2.24, 2.45) is 11.1 Å². The monoisotopic (exact) mass is 242 g/mol. The Labute approximate surface area is 104 Å². The second-order valence-electron chi connectivity index (χ2n) is 5.30. The number of carbonyl (C=O) groups is 1. The van der Waals surface area contributed by atoms with Crippen molar-refractivity contribution in [3.8, 4) is 0 Å². The summed E-state index contributed by atoms with van der Waals surface area (Å²) in [7, 11) is 0. The largest absolute Gasteiger partial charge is 0.394 e. The highest BCUT2D eigenvalue weighted by Gasteiger charge is 2.36. The Bertz CT molecular complexity index is 252. The molecule has 0 bridgehead atoms. The van der Waals surface area contributed by atoms with Gasteiger partial charge in [-0.1, -0.05) is 19.8 Å². The maximum absolute atomic E-state index is 12.5. The molecule has 1 aliphatic heterocycles. The summed E-state index contributed by atoms with van der Waals surface area (Å²) in [6, 6.07) is -0.0116. The number of carbonyl (C=O) groups excluding carboxylic acids is 1. The minimum Gasteiger partial charge on any atom is -0.394 e. The Morgan fingerprint density at radius 2 is 2.18 bits per heavy atom. The standard InChI is InChI=1S/C13H26N2O2/c1-3-13(2,10-14)12(17)15-8-6-4-5-7-11(15)9-16/h11,16H,3-10,14H2,1-2H3.